The Morgan fingerprint density at radius 1 is 1.56 bits per heavy atom. The zero-order valence-corrected chi connectivity index (χ0v) is 11.0. The first-order chi connectivity index (χ1) is 7.41. The van der Waals surface area contributed by atoms with E-state index in [1.54, 1.807) is 7.05 Å². The number of rotatable bonds is 2. The number of Topliss-reactive ketones (excluding diaryl/α,β-unsaturated/α-hetero) is 1. The quantitative estimate of drug-likeness (QED) is 0.729. The number of aromatic nitrogens is 3. The molecule has 1 unspecified atom stereocenters. The predicted molar refractivity (Wildman–Crippen MR) is 59.8 cm³/mol. The molecular formula is C8H10BrN3O3S. The van der Waals surface area contributed by atoms with Crippen molar-refractivity contribution >= 4 is 31.6 Å². The summed E-state index contributed by atoms with van der Waals surface area (Å²) in [4.78, 5) is 12.0. The number of carbonyl (C=O) groups excluding carboxylic acids is 1. The smallest absolute Gasteiger partial charge is 0.187 e. The van der Waals surface area contributed by atoms with Crippen LogP contribution < -0.4 is 0 Å². The second-order valence-electron chi connectivity index (χ2n) is 3.82. The molecule has 1 aliphatic rings. The lowest BCUT2D eigenvalue weighted by Gasteiger charge is -2.06. The van der Waals surface area contributed by atoms with Gasteiger partial charge in [0.15, 0.2) is 20.2 Å². The van der Waals surface area contributed by atoms with Gasteiger partial charge in [-0.3, -0.25) is 4.79 Å². The third kappa shape index (κ3) is 2.03. The summed E-state index contributed by atoms with van der Waals surface area (Å²) in [7, 11) is -1.44. The molecule has 1 fully saturated rings. The highest BCUT2D eigenvalue weighted by Crippen LogP contribution is 2.24. The van der Waals surface area contributed by atoms with Crippen LogP contribution in [0.4, 0.5) is 0 Å². The minimum atomic E-state index is -3.04. The number of carbonyl (C=O) groups is 1. The molecule has 1 aromatic heterocycles. The fourth-order valence-corrected chi connectivity index (χ4v) is 4.05. The zero-order valence-electron chi connectivity index (χ0n) is 8.55. The van der Waals surface area contributed by atoms with Crippen molar-refractivity contribution in [1.82, 2.24) is 15.0 Å². The van der Waals surface area contributed by atoms with Gasteiger partial charge in [0, 0.05) is 13.0 Å². The van der Waals surface area contributed by atoms with Crippen molar-refractivity contribution in [3.05, 3.63) is 10.3 Å². The topological polar surface area (TPSA) is 81.9 Å². The van der Waals surface area contributed by atoms with E-state index in [0.717, 1.165) is 0 Å². The zero-order chi connectivity index (χ0) is 11.9. The summed E-state index contributed by atoms with van der Waals surface area (Å²) in [6, 6.07) is 0. The van der Waals surface area contributed by atoms with E-state index in [4.69, 9.17) is 0 Å². The number of aryl methyl sites for hydroxylation is 1. The van der Waals surface area contributed by atoms with Gasteiger partial charge in [0.05, 0.1) is 11.5 Å². The molecule has 0 spiro atoms. The second-order valence-corrected chi connectivity index (χ2v) is 6.80. The molecule has 88 valence electrons. The van der Waals surface area contributed by atoms with Crippen LogP contribution >= 0.6 is 15.9 Å². The molecule has 2 heterocycles. The summed E-state index contributed by atoms with van der Waals surface area (Å²) in [5.74, 6) is -0.644. The van der Waals surface area contributed by atoms with Crippen LogP contribution in [0, 0.1) is 5.92 Å². The summed E-state index contributed by atoms with van der Waals surface area (Å²) >= 11 is 3.13. The fraction of sp³-hybridized carbons (Fsp3) is 0.625. The molecule has 6 nitrogen and oxygen atoms in total. The van der Waals surface area contributed by atoms with Crippen LogP contribution in [0.2, 0.25) is 0 Å². The average molecular weight is 308 g/mol. The van der Waals surface area contributed by atoms with Crippen LogP contribution in [-0.4, -0.2) is 40.7 Å². The van der Waals surface area contributed by atoms with Gasteiger partial charge in [-0.05, 0) is 22.4 Å². The molecule has 0 N–H and O–H groups in total. The molecule has 1 saturated heterocycles. The Labute approximate surface area is 101 Å². The molecule has 8 heteroatoms. The van der Waals surface area contributed by atoms with Gasteiger partial charge in [0.2, 0.25) is 0 Å². The molecule has 0 saturated carbocycles. The molecule has 2 rings (SSSR count). The average Bonchev–Trinajstić information content (AvgIpc) is 2.70. The number of halogens is 1. The standard InChI is InChI=1S/C8H10BrN3O3S/c1-12-6(8(9)10-11-12)7(13)5-2-3-16(14,15)4-5/h5H,2-4H2,1H3. The third-order valence-electron chi connectivity index (χ3n) is 2.62. The van der Waals surface area contributed by atoms with Crippen molar-refractivity contribution in [3.8, 4) is 0 Å². The Morgan fingerprint density at radius 2 is 2.25 bits per heavy atom. The van der Waals surface area contributed by atoms with E-state index in [1.165, 1.54) is 4.68 Å². The summed E-state index contributed by atoms with van der Waals surface area (Å²) in [5.41, 5.74) is 0.335. The normalized spacial score (nSPS) is 23.5. The molecule has 0 bridgehead atoms. The van der Waals surface area contributed by atoms with Gasteiger partial charge in [0.1, 0.15) is 5.69 Å². The van der Waals surface area contributed by atoms with Crippen molar-refractivity contribution < 1.29 is 13.2 Å². The van der Waals surface area contributed by atoms with Crippen LogP contribution in [0.5, 0.6) is 0 Å². The SMILES string of the molecule is Cn1nnc(Br)c1C(=O)C1CCS(=O)(=O)C1. The lowest BCUT2D eigenvalue weighted by Crippen LogP contribution is -2.19. The summed E-state index contributed by atoms with van der Waals surface area (Å²) in [6.45, 7) is 0. The number of hydrogen-bond donors (Lipinski definition) is 0. The van der Waals surface area contributed by atoms with E-state index >= 15 is 0 Å². The van der Waals surface area contributed by atoms with Crippen molar-refractivity contribution in [1.29, 1.82) is 0 Å². The molecule has 16 heavy (non-hydrogen) atoms. The fourth-order valence-electron chi connectivity index (χ4n) is 1.79. The maximum Gasteiger partial charge on any atom is 0.187 e. The first kappa shape index (κ1) is 11.7. The third-order valence-corrected chi connectivity index (χ3v) is 4.92. The van der Waals surface area contributed by atoms with Gasteiger partial charge in [0.25, 0.3) is 0 Å². The molecular weight excluding hydrogens is 298 g/mol. The van der Waals surface area contributed by atoms with Gasteiger partial charge in [-0.15, -0.1) is 5.10 Å². The maximum atomic E-state index is 12.0. The van der Waals surface area contributed by atoms with Crippen LogP contribution in [0.3, 0.4) is 0 Å². The van der Waals surface area contributed by atoms with E-state index < -0.39 is 15.8 Å². The highest BCUT2D eigenvalue weighted by Gasteiger charge is 2.35. The van der Waals surface area contributed by atoms with Crippen molar-refractivity contribution in [2.24, 2.45) is 13.0 Å². The Hall–Kier alpha value is -0.760. The number of hydrogen-bond acceptors (Lipinski definition) is 5. The minimum Gasteiger partial charge on any atom is -0.292 e. The van der Waals surface area contributed by atoms with Gasteiger partial charge in [-0.1, -0.05) is 5.21 Å². The van der Waals surface area contributed by atoms with Gasteiger partial charge < -0.3 is 0 Å². The Bertz CT molecular complexity index is 517. The molecule has 0 amide bonds. The lowest BCUT2D eigenvalue weighted by atomic mass is 10.0. The summed E-state index contributed by atoms with van der Waals surface area (Å²) in [5, 5.41) is 7.40. The summed E-state index contributed by atoms with van der Waals surface area (Å²) in [6.07, 6.45) is 0.388. The molecule has 0 aliphatic carbocycles. The second kappa shape index (κ2) is 3.92. The largest absolute Gasteiger partial charge is 0.292 e. The van der Waals surface area contributed by atoms with E-state index in [1.807, 2.05) is 0 Å². The molecule has 1 atom stereocenters. The summed E-state index contributed by atoms with van der Waals surface area (Å²) < 4.78 is 24.3. The number of sulfone groups is 1. The van der Waals surface area contributed by atoms with E-state index in [2.05, 4.69) is 26.2 Å². The lowest BCUT2D eigenvalue weighted by molar-refractivity contribution is 0.0923. The Morgan fingerprint density at radius 3 is 2.69 bits per heavy atom. The molecule has 1 aromatic rings. The van der Waals surface area contributed by atoms with E-state index in [-0.39, 0.29) is 17.3 Å². The van der Waals surface area contributed by atoms with E-state index in [0.29, 0.717) is 16.7 Å². The van der Waals surface area contributed by atoms with Crippen molar-refractivity contribution in [3.63, 3.8) is 0 Å². The first-order valence-electron chi connectivity index (χ1n) is 4.70. The van der Waals surface area contributed by atoms with Crippen LogP contribution in [-0.2, 0) is 16.9 Å². The maximum absolute atomic E-state index is 12.0. The predicted octanol–water partition coefficient (Wildman–Crippen LogP) is 0.195. The van der Waals surface area contributed by atoms with Gasteiger partial charge in [-0.2, -0.15) is 0 Å². The molecule has 0 aromatic carbocycles. The van der Waals surface area contributed by atoms with Crippen LogP contribution in [0.15, 0.2) is 4.60 Å². The van der Waals surface area contributed by atoms with Gasteiger partial charge in [-0.25, -0.2) is 13.1 Å². The minimum absolute atomic E-state index is 0.0660. The number of ketones is 1. The monoisotopic (exact) mass is 307 g/mol. The highest BCUT2D eigenvalue weighted by atomic mass is 79.9. The first-order valence-corrected chi connectivity index (χ1v) is 7.32. The van der Waals surface area contributed by atoms with E-state index in [9.17, 15) is 13.2 Å². The highest BCUT2D eigenvalue weighted by molar-refractivity contribution is 9.10. The van der Waals surface area contributed by atoms with Crippen LogP contribution in [0.25, 0.3) is 0 Å². The molecule has 1 aliphatic heterocycles. The van der Waals surface area contributed by atoms with Gasteiger partial charge >= 0.3 is 0 Å². The molecule has 0 radical (unpaired) electrons. The van der Waals surface area contributed by atoms with Crippen molar-refractivity contribution in [2.75, 3.05) is 11.5 Å². The number of nitrogens with zero attached hydrogens (tertiary/aromatic N) is 3. The van der Waals surface area contributed by atoms with Crippen LogP contribution in [0.1, 0.15) is 16.9 Å². The van der Waals surface area contributed by atoms with Crippen molar-refractivity contribution in [2.45, 2.75) is 6.42 Å². The Kier molecular flexibility index (Phi) is 2.87. The Balaban J connectivity index is 2.28.